The average Bonchev–Trinajstić information content (AvgIpc) is 2.61. The van der Waals surface area contributed by atoms with Gasteiger partial charge in [0.05, 0.1) is 11.5 Å². The minimum Gasteiger partial charge on any atom is -0.494 e. The molecule has 0 saturated heterocycles. The number of halogens is 1. The molecule has 0 aliphatic carbocycles. The minimum atomic E-state index is -3.84. The molecule has 148 valence electrons. The largest absolute Gasteiger partial charge is 0.494 e. The number of rotatable bonds is 8. The number of nitrogens with two attached hydrogens (primary N) is 1. The maximum absolute atomic E-state index is 12.7. The van der Waals surface area contributed by atoms with Crippen molar-refractivity contribution in [1.29, 1.82) is 0 Å². The van der Waals surface area contributed by atoms with Crippen LogP contribution in [-0.4, -0.2) is 34.0 Å². The van der Waals surface area contributed by atoms with Crippen LogP contribution in [-0.2, 0) is 10.0 Å². The SMILES string of the molecule is CCOc1ccc(NS(=O)(=O)c2cc(C(=O)NCCN)ccc2C)cc1.Cl. The highest BCUT2D eigenvalue weighted by molar-refractivity contribution is 7.92. The fourth-order valence-corrected chi connectivity index (χ4v) is 3.64. The Labute approximate surface area is 165 Å². The predicted octanol–water partition coefficient (Wildman–Crippen LogP) is 2.30. The van der Waals surface area contributed by atoms with Gasteiger partial charge in [-0.15, -0.1) is 12.4 Å². The van der Waals surface area contributed by atoms with Crippen LogP contribution in [0.25, 0.3) is 0 Å². The number of benzene rings is 2. The molecule has 27 heavy (non-hydrogen) atoms. The minimum absolute atomic E-state index is 0. The van der Waals surface area contributed by atoms with Gasteiger partial charge in [0, 0.05) is 24.3 Å². The molecule has 0 fully saturated rings. The Kier molecular flexibility index (Phi) is 8.55. The van der Waals surface area contributed by atoms with Crippen LogP contribution in [0, 0.1) is 6.92 Å². The average molecular weight is 414 g/mol. The number of carbonyl (C=O) groups is 1. The van der Waals surface area contributed by atoms with Gasteiger partial charge < -0.3 is 15.8 Å². The standard InChI is InChI=1S/C18H23N3O4S.ClH/c1-3-25-16-8-6-15(7-9-16)21-26(23,24)17-12-14(5-4-13(17)2)18(22)20-11-10-19;/h4-9,12,21H,3,10-11,19H2,1-2H3,(H,20,22);1H. The predicted molar refractivity (Wildman–Crippen MR) is 108 cm³/mol. The second-order valence-electron chi connectivity index (χ2n) is 5.59. The molecule has 0 bridgehead atoms. The van der Waals surface area contributed by atoms with Gasteiger partial charge >= 0.3 is 0 Å². The van der Waals surface area contributed by atoms with Gasteiger partial charge in [0.1, 0.15) is 5.75 Å². The second kappa shape index (κ2) is 10.1. The Hall–Kier alpha value is -2.29. The van der Waals surface area contributed by atoms with Crippen molar-refractivity contribution < 1.29 is 17.9 Å². The number of amides is 1. The number of sulfonamides is 1. The van der Waals surface area contributed by atoms with Gasteiger partial charge in [0.15, 0.2) is 0 Å². The Bertz CT molecular complexity index is 871. The number of anilines is 1. The Morgan fingerprint density at radius 3 is 2.41 bits per heavy atom. The van der Waals surface area contributed by atoms with Gasteiger partial charge in [0.25, 0.3) is 15.9 Å². The number of ether oxygens (including phenoxy) is 1. The monoisotopic (exact) mass is 413 g/mol. The zero-order valence-corrected chi connectivity index (χ0v) is 16.8. The fourth-order valence-electron chi connectivity index (χ4n) is 2.31. The topological polar surface area (TPSA) is 111 Å². The Morgan fingerprint density at radius 2 is 1.81 bits per heavy atom. The summed E-state index contributed by atoms with van der Waals surface area (Å²) in [5.74, 6) is 0.290. The van der Waals surface area contributed by atoms with E-state index >= 15 is 0 Å². The van der Waals surface area contributed by atoms with E-state index in [2.05, 4.69) is 10.0 Å². The molecular weight excluding hydrogens is 390 g/mol. The summed E-state index contributed by atoms with van der Waals surface area (Å²) in [6.45, 7) is 4.70. The van der Waals surface area contributed by atoms with Crippen LogP contribution in [0.2, 0.25) is 0 Å². The molecule has 2 aromatic rings. The van der Waals surface area contributed by atoms with Crippen LogP contribution in [0.4, 0.5) is 5.69 Å². The molecule has 4 N–H and O–H groups in total. The van der Waals surface area contributed by atoms with Gasteiger partial charge in [-0.25, -0.2) is 8.42 Å². The maximum atomic E-state index is 12.7. The number of hydrogen-bond acceptors (Lipinski definition) is 5. The molecule has 0 spiro atoms. The van der Waals surface area contributed by atoms with Crippen molar-refractivity contribution >= 4 is 34.0 Å². The second-order valence-corrected chi connectivity index (χ2v) is 7.24. The van der Waals surface area contributed by atoms with Crippen molar-refractivity contribution in [2.75, 3.05) is 24.4 Å². The van der Waals surface area contributed by atoms with Gasteiger partial charge in [-0.3, -0.25) is 9.52 Å². The van der Waals surface area contributed by atoms with E-state index in [0.717, 1.165) is 0 Å². The van der Waals surface area contributed by atoms with E-state index in [-0.39, 0.29) is 28.8 Å². The van der Waals surface area contributed by atoms with Crippen molar-refractivity contribution in [2.24, 2.45) is 5.73 Å². The van der Waals surface area contributed by atoms with Crippen molar-refractivity contribution in [3.05, 3.63) is 53.6 Å². The first-order valence-corrected chi connectivity index (χ1v) is 9.70. The van der Waals surface area contributed by atoms with Crippen molar-refractivity contribution in [1.82, 2.24) is 5.32 Å². The number of aryl methyl sites for hydroxylation is 1. The third kappa shape index (κ3) is 6.13. The lowest BCUT2D eigenvalue weighted by Gasteiger charge is -2.12. The molecule has 0 saturated carbocycles. The number of hydrogen-bond donors (Lipinski definition) is 3. The maximum Gasteiger partial charge on any atom is 0.262 e. The summed E-state index contributed by atoms with van der Waals surface area (Å²) in [6.07, 6.45) is 0. The van der Waals surface area contributed by atoms with E-state index in [1.54, 1.807) is 43.3 Å². The van der Waals surface area contributed by atoms with Crippen LogP contribution in [0.3, 0.4) is 0 Å². The van der Waals surface area contributed by atoms with Crippen LogP contribution in [0.15, 0.2) is 47.4 Å². The lowest BCUT2D eigenvalue weighted by Crippen LogP contribution is -2.29. The highest BCUT2D eigenvalue weighted by atomic mass is 35.5. The van der Waals surface area contributed by atoms with Crippen molar-refractivity contribution in [3.63, 3.8) is 0 Å². The molecule has 0 radical (unpaired) electrons. The molecule has 0 atom stereocenters. The summed E-state index contributed by atoms with van der Waals surface area (Å²) in [4.78, 5) is 12.1. The molecule has 2 aromatic carbocycles. The molecule has 2 rings (SSSR count). The quantitative estimate of drug-likeness (QED) is 0.615. The lowest BCUT2D eigenvalue weighted by molar-refractivity contribution is 0.0954. The first-order chi connectivity index (χ1) is 12.4. The number of carbonyl (C=O) groups excluding carboxylic acids is 1. The highest BCUT2D eigenvalue weighted by Gasteiger charge is 2.19. The van der Waals surface area contributed by atoms with Crippen LogP contribution < -0.4 is 20.5 Å². The summed E-state index contributed by atoms with van der Waals surface area (Å²) in [6, 6.07) is 11.2. The zero-order valence-electron chi connectivity index (χ0n) is 15.2. The molecule has 0 aliphatic heterocycles. The smallest absolute Gasteiger partial charge is 0.262 e. The Morgan fingerprint density at radius 1 is 1.15 bits per heavy atom. The summed E-state index contributed by atoms with van der Waals surface area (Å²) in [5.41, 5.74) is 6.57. The van der Waals surface area contributed by atoms with E-state index in [1.807, 2.05) is 6.92 Å². The fraction of sp³-hybridized carbons (Fsp3) is 0.278. The summed E-state index contributed by atoms with van der Waals surface area (Å²) < 4.78 is 33.3. The van der Waals surface area contributed by atoms with E-state index in [1.165, 1.54) is 6.07 Å². The summed E-state index contributed by atoms with van der Waals surface area (Å²) >= 11 is 0. The normalized spacial score (nSPS) is 10.6. The molecule has 0 aromatic heterocycles. The van der Waals surface area contributed by atoms with Crippen LogP contribution >= 0.6 is 12.4 Å². The zero-order chi connectivity index (χ0) is 19.2. The van der Waals surface area contributed by atoms with E-state index < -0.39 is 10.0 Å². The third-order valence-electron chi connectivity index (χ3n) is 3.59. The molecule has 0 heterocycles. The van der Waals surface area contributed by atoms with E-state index in [4.69, 9.17) is 10.5 Å². The van der Waals surface area contributed by atoms with Gasteiger partial charge in [-0.05, 0) is 55.8 Å². The van der Waals surface area contributed by atoms with E-state index in [9.17, 15) is 13.2 Å². The summed E-state index contributed by atoms with van der Waals surface area (Å²) in [5, 5.41) is 2.62. The molecule has 0 unspecified atom stereocenters. The molecule has 0 aliphatic rings. The molecular formula is C18H24ClN3O4S. The first kappa shape index (κ1) is 22.8. The van der Waals surface area contributed by atoms with Crippen LogP contribution in [0.5, 0.6) is 5.75 Å². The van der Waals surface area contributed by atoms with Crippen molar-refractivity contribution in [2.45, 2.75) is 18.7 Å². The highest BCUT2D eigenvalue weighted by Crippen LogP contribution is 2.22. The van der Waals surface area contributed by atoms with Gasteiger partial charge in [-0.1, -0.05) is 6.07 Å². The summed E-state index contributed by atoms with van der Waals surface area (Å²) in [7, 11) is -3.84. The molecule has 7 nitrogen and oxygen atoms in total. The Balaban J connectivity index is 0.00000364. The van der Waals surface area contributed by atoms with Gasteiger partial charge in [0.2, 0.25) is 0 Å². The van der Waals surface area contributed by atoms with Gasteiger partial charge in [-0.2, -0.15) is 0 Å². The van der Waals surface area contributed by atoms with Crippen LogP contribution in [0.1, 0.15) is 22.8 Å². The van der Waals surface area contributed by atoms with E-state index in [0.29, 0.717) is 36.7 Å². The first-order valence-electron chi connectivity index (χ1n) is 8.22. The van der Waals surface area contributed by atoms with Crippen molar-refractivity contribution in [3.8, 4) is 5.75 Å². The lowest BCUT2D eigenvalue weighted by atomic mass is 10.1. The number of nitrogens with one attached hydrogen (secondary N) is 2. The molecule has 9 heteroatoms. The molecule has 1 amide bonds. The third-order valence-corrected chi connectivity index (χ3v) is 5.11.